The minimum atomic E-state index is -0.861. The van der Waals surface area contributed by atoms with Gasteiger partial charge in [-0.05, 0) is 6.92 Å². The molecule has 2 rings (SSSR count). The maximum absolute atomic E-state index is 11.7. The summed E-state index contributed by atoms with van der Waals surface area (Å²) in [6, 6.07) is 0.811. The number of imide groups is 2. The van der Waals surface area contributed by atoms with Gasteiger partial charge >= 0.3 is 6.03 Å². The first-order valence-electron chi connectivity index (χ1n) is 4.65. The number of nitrogens with one attached hydrogen (secondary N) is 1. The highest BCUT2D eigenvalue weighted by Crippen LogP contribution is 2.13. The first-order valence-corrected chi connectivity index (χ1v) is 4.65. The Labute approximate surface area is 90.4 Å². The molecule has 84 valence electrons. The van der Waals surface area contributed by atoms with E-state index in [2.05, 4.69) is 10.5 Å². The van der Waals surface area contributed by atoms with Crippen LogP contribution >= 0.6 is 0 Å². The molecule has 1 fully saturated rings. The SMILES string of the molecule is CC1C(=O)NC(=O)N(Cc2ccno2)C1=O. The van der Waals surface area contributed by atoms with Crippen molar-refractivity contribution in [3.8, 4) is 0 Å². The molecular formula is C9H9N3O4. The van der Waals surface area contributed by atoms with Crippen molar-refractivity contribution in [2.45, 2.75) is 13.5 Å². The molecule has 1 aliphatic rings. The molecule has 0 saturated carbocycles. The standard InChI is InChI=1S/C9H9N3O4/c1-5-7(13)11-9(15)12(8(5)14)4-6-2-3-10-16-6/h2-3,5H,4H2,1H3,(H,11,13,15). The highest BCUT2D eigenvalue weighted by molar-refractivity contribution is 6.15. The zero-order valence-corrected chi connectivity index (χ0v) is 8.47. The van der Waals surface area contributed by atoms with E-state index in [0.29, 0.717) is 5.76 Å². The van der Waals surface area contributed by atoms with Crippen LogP contribution in [0.4, 0.5) is 4.79 Å². The first-order chi connectivity index (χ1) is 7.59. The summed E-state index contributed by atoms with van der Waals surface area (Å²) in [7, 11) is 0. The van der Waals surface area contributed by atoms with E-state index in [-0.39, 0.29) is 6.54 Å². The van der Waals surface area contributed by atoms with Crippen molar-refractivity contribution in [3.63, 3.8) is 0 Å². The van der Waals surface area contributed by atoms with Crippen molar-refractivity contribution < 1.29 is 18.9 Å². The van der Waals surface area contributed by atoms with Crippen LogP contribution in [0.2, 0.25) is 0 Å². The molecule has 0 radical (unpaired) electrons. The zero-order chi connectivity index (χ0) is 11.7. The third-order valence-electron chi connectivity index (χ3n) is 2.31. The molecule has 7 heteroatoms. The van der Waals surface area contributed by atoms with Crippen LogP contribution in [-0.2, 0) is 16.1 Å². The number of carbonyl (C=O) groups is 3. The predicted octanol–water partition coefficient (Wildman–Crippen LogP) is -0.111. The lowest BCUT2D eigenvalue weighted by Crippen LogP contribution is -2.56. The molecule has 1 aliphatic heterocycles. The summed E-state index contributed by atoms with van der Waals surface area (Å²) in [6.07, 6.45) is 1.41. The topological polar surface area (TPSA) is 92.5 Å². The molecule has 1 unspecified atom stereocenters. The van der Waals surface area contributed by atoms with Gasteiger partial charge in [-0.3, -0.25) is 19.8 Å². The van der Waals surface area contributed by atoms with Gasteiger partial charge in [-0.2, -0.15) is 0 Å². The van der Waals surface area contributed by atoms with Crippen molar-refractivity contribution in [2.24, 2.45) is 5.92 Å². The Hall–Kier alpha value is -2.18. The lowest BCUT2D eigenvalue weighted by Gasteiger charge is -2.27. The Kier molecular flexibility index (Phi) is 2.43. The molecule has 0 aliphatic carbocycles. The molecule has 1 aromatic heterocycles. The summed E-state index contributed by atoms with van der Waals surface area (Å²) >= 11 is 0. The van der Waals surface area contributed by atoms with E-state index in [0.717, 1.165) is 4.90 Å². The summed E-state index contributed by atoms with van der Waals surface area (Å²) in [5.41, 5.74) is 0. The fourth-order valence-electron chi connectivity index (χ4n) is 1.36. The number of urea groups is 1. The lowest BCUT2D eigenvalue weighted by atomic mass is 10.1. The molecule has 0 aromatic carbocycles. The van der Waals surface area contributed by atoms with Crippen LogP contribution < -0.4 is 5.32 Å². The highest BCUT2D eigenvalue weighted by Gasteiger charge is 2.37. The number of hydrogen-bond donors (Lipinski definition) is 1. The van der Waals surface area contributed by atoms with Gasteiger partial charge in [-0.1, -0.05) is 5.16 Å². The Balaban J connectivity index is 2.17. The molecule has 1 atom stereocenters. The molecular weight excluding hydrogens is 214 g/mol. The third-order valence-corrected chi connectivity index (χ3v) is 2.31. The van der Waals surface area contributed by atoms with Crippen molar-refractivity contribution in [1.29, 1.82) is 0 Å². The van der Waals surface area contributed by atoms with Crippen LogP contribution in [0.3, 0.4) is 0 Å². The van der Waals surface area contributed by atoms with Gasteiger partial charge in [-0.15, -0.1) is 0 Å². The van der Waals surface area contributed by atoms with Gasteiger partial charge in [0.25, 0.3) is 0 Å². The Bertz CT molecular complexity index is 440. The van der Waals surface area contributed by atoms with Gasteiger partial charge in [0.05, 0.1) is 12.7 Å². The van der Waals surface area contributed by atoms with Crippen LogP contribution in [0.5, 0.6) is 0 Å². The van der Waals surface area contributed by atoms with Crippen molar-refractivity contribution in [3.05, 3.63) is 18.0 Å². The third kappa shape index (κ3) is 1.67. The Morgan fingerprint density at radius 3 is 2.88 bits per heavy atom. The largest absolute Gasteiger partial charge is 0.359 e. The Morgan fingerprint density at radius 2 is 2.25 bits per heavy atom. The van der Waals surface area contributed by atoms with Crippen molar-refractivity contribution in [1.82, 2.24) is 15.4 Å². The number of hydrogen-bond acceptors (Lipinski definition) is 5. The van der Waals surface area contributed by atoms with E-state index in [4.69, 9.17) is 4.52 Å². The fraction of sp³-hybridized carbons (Fsp3) is 0.333. The second kappa shape index (κ2) is 3.76. The summed E-state index contributed by atoms with van der Waals surface area (Å²) in [5.74, 6) is -1.60. The molecule has 1 saturated heterocycles. The summed E-state index contributed by atoms with van der Waals surface area (Å²) < 4.78 is 4.79. The van der Waals surface area contributed by atoms with Crippen molar-refractivity contribution >= 4 is 17.8 Å². The summed E-state index contributed by atoms with van der Waals surface area (Å²) in [5, 5.41) is 5.55. The Morgan fingerprint density at radius 1 is 1.50 bits per heavy atom. The minimum Gasteiger partial charge on any atom is -0.359 e. The zero-order valence-electron chi connectivity index (χ0n) is 8.47. The quantitative estimate of drug-likeness (QED) is 0.706. The average molecular weight is 223 g/mol. The average Bonchev–Trinajstić information content (AvgIpc) is 2.74. The monoisotopic (exact) mass is 223 g/mol. The van der Waals surface area contributed by atoms with E-state index >= 15 is 0 Å². The van der Waals surface area contributed by atoms with E-state index in [1.807, 2.05) is 0 Å². The smallest absolute Gasteiger partial charge is 0.331 e. The van der Waals surface area contributed by atoms with Gasteiger partial charge in [0.2, 0.25) is 11.8 Å². The molecule has 7 nitrogen and oxygen atoms in total. The van der Waals surface area contributed by atoms with Gasteiger partial charge in [0.1, 0.15) is 5.92 Å². The summed E-state index contributed by atoms with van der Waals surface area (Å²) in [6.45, 7) is 1.42. The second-order valence-electron chi connectivity index (χ2n) is 3.42. The van der Waals surface area contributed by atoms with Gasteiger partial charge in [0, 0.05) is 6.07 Å². The number of rotatable bonds is 2. The minimum absolute atomic E-state index is 0.0255. The molecule has 1 aromatic rings. The molecule has 1 N–H and O–H groups in total. The summed E-state index contributed by atoms with van der Waals surface area (Å²) in [4.78, 5) is 35.1. The molecule has 2 heterocycles. The molecule has 4 amide bonds. The maximum Gasteiger partial charge on any atom is 0.331 e. The highest BCUT2D eigenvalue weighted by atomic mass is 16.5. The van der Waals surface area contributed by atoms with Gasteiger partial charge < -0.3 is 4.52 Å². The van der Waals surface area contributed by atoms with E-state index in [9.17, 15) is 14.4 Å². The second-order valence-corrected chi connectivity index (χ2v) is 3.42. The number of aromatic nitrogens is 1. The number of nitrogens with zero attached hydrogens (tertiary/aromatic N) is 2. The maximum atomic E-state index is 11.7. The van der Waals surface area contributed by atoms with Gasteiger partial charge in [-0.25, -0.2) is 4.79 Å². The van der Waals surface area contributed by atoms with Crippen LogP contribution in [0.25, 0.3) is 0 Å². The van der Waals surface area contributed by atoms with Crippen LogP contribution in [0, 0.1) is 5.92 Å². The first kappa shape index (κ1) is 10.3. The fourth-order valence-corrected chi connectivity index (χ4v) is 1.36. The number of amides is 4. The van der Waals surface area contributed by atoms with Crippen LogP contribution in [0.1, 0.15) is 12.7 Å². The van der Waals surface area contributed by atoms with Crippen molar-refractivity contribution in [2.75, 3.05) is 0 Å². The molecule has 0 spiro atoms. The molecule has 16 heavy (non-hydrogen) atoms. The number of barbiturate groups is 1. The predicted molar refractivity (Wildman–Crippen MR) is 49.8 cm³/mol. The molecule has 0 bridgehead atoms. The van der Waals surface area contributed by atoms with E-state index in [1.165, 1.54) is 13.1 Å². The van der Waals surface area contributed by atoms with E-state index in [1.54, 1.807) is 6.07 Å². The van der Waals surface area contributed by atoms with Crippen LogP contribution in [0.15, 0.2) is 16.8 Å². The van der Waals surface area contributed by atoms with Gasteiger partial charge in [0.15, 0.2) is 5.76 Å². The van der Waals surface area contributed by atoms with E-state index < -0.39 is 23.8 Å². The number of carbonyl (C=O) groups excluding carboxylic acids is 3. The van der Waals surface area contributed by atoms with Crippen LogP contribution in [-0.4, -0.2) is 27.9 Å². The normalized spacial score (nSPS) is 21.2. The lowest BCUT2D eigenvalue weighted by molar-refractivity contribution is -0.142.